The molecule has 4 atom stereocenters. The average molecular weight is 421 g/mol. The molecule has 0 saturated carbocycles. The van der Waals surface area contributed by atoms with Gasteiger partial charge in [0.2, 0.25) is 5.41 Å². The summed E-state index contributed by atoms with van der Waals surface area (Å²) in [7, 11) is 0. The van der Waals surface area contributed by atoms with Crippen LogP contribution in [0.25, 0.3) is 0 Å². The first kappa shape index (κ1) is 19.8. The zero-order chi connectivity index (χ0) is 19.9. The van der Waals surface area contributed by atoms with Crippen molar-refractivity contribution >= 4 is 35.4 Å². The van der Waals surface area contributed by atoms with Gasteiger partial charge in [-0.15, -0.1) is 11.8 Å². The van der Waals surface area contributed by atoms with Crippen LogP contribution in [0.3, 0.4) is 0 Å². The zero-order valence-corrected chi connectivity index (χ0v) is 17.3. The lowest BCUT2D eigenvalue weighted by Gasteiger charge is -2.50. The number of thioether (sulfide) groups is 2. The van der Waals surface area contributed by atoms with Crippen LogP contribution in [0.2, 0.25) is 0 Å². The number of fused-ring (bicyclic) bond motifs is 1. The molecule has 0 aromatic heterocycles. The smallest absolute Gasteiger partial charge is 0.325 e. The van der Waals surface area contributed by atoms with Crippen molar-refractivity contribution in [1.82, 2.24) is 9.80 Å². The summed E-state index contributed by atoms with van der Waals surface area (Å²) in [6, 6.07) is 10.4. The predicted octanol–water partition coefficient (Wildman–Crippen LogP) is 2.55. The third-order valence-electron chi connectivity index (χ3n) is 5.73. The summed E-state index contributed by atoms with van der Waals surface area (Å²) in [5, 5.41) is 19.9. The molecule has 0 radical (unpaired) electrons. The lowest BCUT2D eigenvalue weighted by Crippen LogP contribution is -2.72. The second kappa shape index (κ2) is 7.74. The Hall–Kier alpha value is -1.48. The lowest BCUT2D eigenvalue weighted by atomic mass is 9.72. The van der Waals surface area contributed by atoms with Gasteiger partial charge in [-0.1, -0.05) is 49.0 Å². The number of hydrogen-bond acceptors (Lipinski definition) is 6. The van der Waals surface area contributed by atoms with Gasteiger partial charge in [-0.3, -0.25) is 14.5 Å². The number of rotatable bonds is 7. The molecule has 2 saturated heterocycles. The van der Waals surface area contributed by atoms with Crippen LogP contribution in [-0.4, -0.2) is 61.7 Å². The van der Waals surface area contributed by atoms with E-state index < -0.39 is 28.8 Å². The van der Waals surface area contributed by atoms with Crippen LogP contribution in [0.5, 0.6) is 0 Å². The number of aliphatic carboxylic acids is 1. The van der Waals surface area contributed by atoms with E-state index in [9.17, 15) is 19.8 Å². The molecule has 150 valence electrons. The zero-order valence-electron chi connectivity index (χ0n) is 15.7. The Kier molecular flexibility index (Phi) is 5.48. The van der Waals surface area contributed by atoms with Gasteiger partial charge in [-0.25, -0.2) is 0 Å². The van der Waals surface area contributed by atoms with Crippen LogP contribution in [0.1, 0.15) is 25.3 Å². The summed E-state index contributed by atoms with van der Waals surface area (Å²) in [6.45, 7) is 4.64. The summed E-state index contributed by atoms with van der Waals surface area (Å²) in [5.41, 5.74) is -0.412. The topological polar surface area (TPSA) is 81.1 Å². The maximum Gasteiger partial charge on any atom is 0.325 e. The van der Waals surface area contributed by atoms with Crippen LogP contribution in [0.15, 0.2) is 40.8 Å². The fourth-order valence-electron chi connectivity index (χ4n) is 4.18. The molecule has 4 rings (SSSR count). The van der Waals surface area contributed by atoms with Crippen molar-refractivity contribution < 1.29 is 19.8 Å². The van der Waals surface area contributed by atoms with E-state index >= 15 is 0 Å². The fourth-order valence-corrected chi connectivity index (χ4v) is 7.30. The Morgan fingerprint density at radius 2 is 2.14 bits per heavy atom. The van der Waals surface area contributed by atoms with Crippen LogP contribution in [0.4, 0.5) is 0 Å². The number of carboxylic acids is 1. The summed E-state index contributed by atoms with van der Waals surface area (Å²) >= 11 is 3.13. The minimum absolute atomic E-state index is 0.239. The number of carboxylic acid groups (broad SMARTS) is 1. The molecule has 0 bridgehead atoms. The Morgan fingerprint density at radius 1 is 1.39 bits per heavy atom. The van der Waals surface area contributed by atoms with Gasteiger partial charge in [0.05, 0.1) is 10.3 Å². The molecule has 1 unspecified atom stereocenters. The molecule has 6 nitrogen and oxygen atoms in total. The van der Waals surface area contributed by atoms with Gasteiger partial charge >= 0.3 is 5.97 Å². The molecule has 1 amide bonds. The maximum atomic E-state index is 12.6. The van der Waals surface area contributed by atoms with Crippen LogP contribution < -0.4 is 0 Å². The minimum atomic E-state index is -1.72. The third kappa shape index (κ3) is 3.16. The van der Waals surface area contributed by atoms with Crippen LogP contribution in [0, 0.1) is 5.41 Å². The van der Waals surface area contributed by atoms with Gasteiger partial charge in [-0.05, 0) is 24.9 Å². The molecule has 2 N–H and O–H groups in total. The van der Waals surface area contributed by atoms with Gasteiger partial charge in [-0.2, -0.15) is 0 Å². The van der Waals surface area contributed by atoms with Crippen molar-refractivity contribution in [3.63, 3.8) is 0 Å². The number of carbonyl (C=O) groups is 2. The van der Waals surface area contributed by atoms with E-state index in [1.165, 1.54) is 22.2 Å². The lowest BCUT2D eigenvalue weighted by molar-refractivity contribution is -0.187. The third-order valence-corrected chi connectivity index (χ3v) is 8.52. The normalized spacial score (nSPS) is 30.7. The predicted molar refractivity (Wildman–Crippen MR) is 110 cm³/mol. The summed E-state index contributed by atoms with van der Waals surface area (Å²) in [4.78, 5) is 28.3. The number of amides is 1. The second-order valence-electron chi connectivity index (χ2n) is 7.48. The maximum absolute atomic E-state index is 12.6. The molecule has 8 heteroatoms. The Balaban J connectivity index is 1.37. The SMILES string of the molecule is CC[C@H](O)[C@]1(C(=O)O)C(=O)N2C=C(SC3CCN(Cc4ccccc4)C3)S[C@@H]21. The number of aliphatic hydroxyl groups excluding tert-OH is 1. The fraction of sp³-hybridized carbons (Fsp3) is 0.500. The van der Waals surface area contributed by atoms with Crippen molar-refractivity contribution in [2.45, 2.75) is 43.0 Å². The number of β-lactam (4-membered cyclic amide) rings is 1. The summed E-state index contributed by atoms with van der Waals surface area (Å²) in [6.07, 6.45) is 1.90. The van der Waals surface area contributed by atoms with Gasteiger partial charge in [0, 0.05) is 24.5 Å². The number of hydrogen-bond donors (Lipinski definition) is 2. The van der Waals surface area contributed by atoms with Gasteiger partial charge in [0.15, 0.2) is 0 Å². The van der Waals surface area contributed by atoms with Crippen molar-refractivity contribution in [2.75, 3.05) is 13.1 Å². The average Bonchev–Trinajstić information content (AvgIpc) is 3.28. The van der Waals surface area contributed by atoms with Crippen molar-refractivity contribution in [2.24, 2.45) is 5.41 Å². The van der Waals surface area contributed by atoms with E-state index in [1.807, 2.05) is 6.07 Å². The highest BCUT2D eigenvalue weighted by molar-refractivity contribution is 8.23. The van der Waals surface area contributed by atoms with Gasteiger partial charge in [0.25, 0.3) is 5.91 Å². The quantitative estimate of drug-likeness (QED) is 0.518. The minimum Gasteiger partial charge on any atom is -0.480 e. The largest absolute Gasteiger partial charge is 0.480 e. The molecule has 3 aliphatic rings. The highest BCUT2D eigenvalue weighted by Gasteiger charge is 2.71. The van der Waals surface area contributed by atoms with E-state index in [-0.39, 0.29) is 6.42 Å². The molecular formula is C20H24N2O4S2. The number of carbonyl (C=O) groups excluding carboxylic acids is 1. The van der Waals surface area contributed by atoms with E-state index in [2.05, 4.69) is 29.2 Å². The first-order valence-electron chi connectivity index (χ1n) is 9.52. The molecule has 0 aliphatic carbocycles. The first-order valence-corrected chi connectivity index (χ1v) is 11.3. The number of nitrogens with zero attached hydrogens (tertiary/aromatic N) is 2. The molecule has 3 heterocycles. The Morgan fingerprint density at radius 3 is 2.82 bits per heavy atom. The molecule has 3 aliphatic heterocycles. The van der Waals surface area contributed by atoms with Gasteiger partial charge < -0.3 is 15.1 Å². The molecular weight excluding hydrogens is 396 g/mol. The first-order chi connectivity index (χ1) is 13.5. The van der Waals surface area contributed by atoms with Crippen molar-refractivity contribution in [3.05, 3.63) is 46.3 Å². The monoisotopic (exact) mass is 420 g/mol. The van der Waals surface area contributed by atoms with E-state index in [0.29, 0.717) is 5.25 Å². The Bertz CT molecular complexity index is 803. The summed E-state index contributed by atoms with van der Waals surface area (Å²) in [5.74, 6) is -1.73. The Labute approximate surface area is 173 Å². The van der Waals surface area contributed by atoms with E-state index in [0.717, 1.165) is 30.3 Å². The molecule has 1 aromatic carbocycles. The molecule has 0 spiro atoms. The van der Waals surface area contributed by atoms with E-state index in [4.69, 9.17) is 0 Å². The second-order valence-corrected chi connectivity index (χ2v) is 10.2. The number of likely N-dealkylation sites (tertiary alicyclic amines) is 1. The molecule has 28 heavy (non-hydrogen) atoms. The molecule has 2 fully saturated rings. The highest BCUT2D eigenvalue weighted by Crippen LogP contribution is 2.58. The van der Waals surface area contributed by atoms with Crippen molar-refractivity contribution in [1.29, 1.82) is 0 Å². The van der Waals surface area contributed by atoms with Crippen molar-refractivity contribution in [3.8, 4) is 0 Å². The molecule has 1 aromatic rings. The van der Waals surface area contributed by atoms with Crippen LogP contribution in [-0.2, 0) is 16.1 Å². The number of benzene rings is 1. The van der Waals surface area contributed by atoms with Crippen LogP contribution >= 0.6 is 23.5 Å². The number of aliphatic hydroxyl groups is 1. The highest BCUT2D eigenvalue weighted by atomic mass is 32.2. The van der Waals surface area contributed by atoms with Gasteiger partial charge in [0.1, 0.15) is 5.37 Å². The standard InChI is InChI=1S/C20H24N2O4S2/c1-2-15(23)20(19(25)26)17(24)22-12-16(28-18(20)22)27-14-8-9-21(11-14)10-13-6-4-3-5-7-13/h3-7,12,14-15,18,23H,2,8-11H2,1H3,(H,25,26)/t14?,15-,18+,20-/m0/s1. The summed E-state index contributed by atoms with van der Waals surface area (Å²) < 4.78 is 0.969. The van der Waals surface area contributed by atoms with E-state index in [1.54, 1.807) is 24.9 Å².